The van der Waals surface area contributed by atoms with Gasteiger partial charge in [-0.2, -0.15) is 0 Å². The Morgan fingerprint density at radius 1 is 1.47 bits per heavy atom. The molecule has 1 aliphatic rings. The highest BCUT2D eigenvalue weighted by Gasteiger charge is 2.30. The molecule has 0 aromatic rings. The molecule has 2 unspecified atom stereocenters. The van der Waals surface area contributed by atoms with Crippen LogP contribution >= 0.6 is 0 Å². The molecule has 4 N–H and O–H groups in total. The van der Waals surface area contributed by atoms with Gasteiger partial charge in [0.05, 0.1) is 5.92 Å². The molecule has 0 bridgehead atoms. The van der Waals surface area contributed by atoms with Crippen LogP contribution in [0.2, 0.25) is 6.32 Å². The van der Waals surface area contributed by atoms with Gasteiger partial charge in [0, 0.05) is 6.54 Å². The van der Waals surface area contributed by atoms with Crippen LogP contribution in [-0.4, -0.2) is 41.3 Å². The number of nitrogens with one attached hydrogen (secondary N) is 1. The average Bonchev–Trinajstić information content (AvgIpc) is 2.17. The first-order valence-electron chi connectivity index (χ1n) is 5.41. The van der Waals surface area contributed by atoms with Gasteiger partial charge in [-0.3, -0.25) is 4.79 Å². The number of carbonyl (C=O) groups is 1. The molecule has 0 spiro atoms. The SMILES string of the molecule is O=C(O)C1CNCCC1CCCB(O)O. The van der Waals surface area contributed by atoms with E-state index in [4.69, 9.17) is 15.2 Å². The van der Waals surface area contributed by atoms with Gasteiger partial charge in [0.25, 0.3) is 0 Å². The Balaban J connectivity index is 2.33. The van der Waals surface area contributed by atoms with Crippen LogP contribution in [0.3, 0.4) is 0 Å². The Morgan fingerprint density at radius 2 is 2.20 bits per heavy atom. The lowest BCUT2D eigenvalue weighted by atomic mass is 9.78. The van der Waals surface area contributed by atoms with Gasteiger partial charge in [0.15, 0.2) is 0 Å². The van der Waals surface area contributed by atoms with Crippen LogP contribution < -0.4 is 5.32 Å². The highest BCUT2D eigenvalue weighted by molar-refractivity contribution is 6.40. The summed E-state index contributed by atoms with van der Waals surface area (Å²) in [5.41, 5.74) is 0. The average molecular weight is 215 g/mol. The maximum absolute atomic E-state index is 10.9. The van der Waals surface area contributed by atoms with Gasteiger partial charge in [-0.05, 0) is 31.6 Å². The summed E-state index contributed by atoms with van der Waals surface area (Å²) in [6.45, 7) is 1.39. The summed E-state index contributed by atoms with van der Waals surface area (Å²) in [5, 5.41) is 29.4. The van der Waals surface area contributed by atoms with Crippen molar-refractivity contribution < 1.29 is 19.9 Å². The number of carboxylic acids is 1. The van der Waals surface area contributed by atoms with E-state index in [1.165, 1.54) is 0 Å². The van der Waals surface area contributed by atoms with Gasteiger partial charge in [-0.25, -0.2) is 0 Å². The predicted molar refractivity (Wildman–Crippen MR) is 56.3 cm³/mol. The van der Waals surface area contributed by atoms with E-state index in [1.54, 1.807) is 0 Å². The van der Waals surface area contributed by atoms with Gasteiger partial charge in [0.1, 0.15) is 0 Å². The van der Waals surface area contributed by atoms with E-state index in [0.717, 1.165) is 19.4 Å². The molecule has 0 radical (unpaired) electrons. The van der Waals surface area contributed by atoms with Crippen molar-refractivity contribution in [1.82, 2.24) is 5.32 Å². The fraction of sp³-hybridized carbons (Fsp3) is 0.889. The van der Waals surface area contributed by atoms with Crippen LogP contribution in [0.25, 0.3) is 0 Å². The Labute approximate surface area is 89.6 Å². The van der Waals surface area contributed by atoms with Gasteiger partial charge in [0.2, 0.25) is 0 Å². The van der Waals surface area contributed by atoms with Crippen molar-refractivity contribution in [1.29, 1.82) is 0 Å². The second-order valence-corrected chi connectivity index (χ2v) is 4.11. The third-order valence-electron chi connectivity index (χ3n) is 2.98. The van der Waals surface area contributed by atoms with E-state index in [0.29, 0.717) is 19.3 Å². The van der Waals surface area contributed by atoms with E-state index in [9.17, 15) is 4.79 Å². The zero-order chi connectivity index (χ0) is 11.3. The number of hydrogen-bond acceptors (Lipinski definition) is 4. The minimum absolute atomic E-state index is 0.169. The van der Waals surface area contributed by atoms with Crippen molar-refractivity contribution in [3.63, 3.8) is 0 Å². The lowest BCUT2D eigenvalue weighted by Gasteiger charge is -2.29. The molecule has 2 atom stereocenters. The monoisotopic (exact) mass is 215 g/mol. The van der Waals surface area contributed by atoms with Gasteiger partial charge < -0.3 is 20.5 Å². The molecule has 1 saturated heterocycles. The molecule has 0 aromatic carbocycles. The fourth-order valence-electron chi connectivity index (χ4n) is 2.11. The van der Waals surface area contributed by atoms with E-state index in [1.807, 2.05) is 0 Å². The number of piperidine rings is 1. The zero-order valence-corrected chi connectivity index (χ0v) is 8.72. The van der Waals surface area contributed by atoms with Gasteiger partial charge >= 0.3 is 13.1 Å². The standard InChI is InChI=1S/C9H18BNO4/c12-9(13)8-6-11-5-3-7(8)2-1-4-10(14)15/h7-8,11,14-15H,1-6H2,(H,12,13). The molecule has 1 rings (SSSR count). The summed E-state index contributed by atoms with van der Waals surface area (Å²) >= 11 is 0. The minimum Gasteiger partial charge on any atom is -0.481 e. The number of hydrogen-bond donors (Lipinski definition) is 4. The van der Waals surface area contributed by atoms with Crippen LogP contribution in [0, 0.1) is 11.8 Å². The summed E-state index contributed by atoms with van der Waals surface area (Å²) in [6.07, 6.45) is 2.62. The number of carboxylic acid groups (broad SMARTS) is 1. The molecule has 1 heterocycles. The van der Waals surface area contributed by atoms with Crippen LogP contribution in [0.4, 0.5) is 0 Å². The van der Waals surface area contributed by atoms with Gasteiger partial charge in [-0.1, -0.05) is 6.42 Å². The van der Waals surface area contributed by atoms with Crippen LogP contribution in [0.15, 0.2) is 0 Å². The third kappa shape index (κ3) is 4.19. The van der Waals surface area contributed by atoms with Gasteiger partial charge in [-0.15, -0.1) is 0 Å². The number of aliphatic carboxylic acids is 1. The Bertz CT molecular complexity index is 212. The maximum atomic E-state index is 10.9. The molecule has 0 aliphatic carbocycles. The lowest BCUT2D eigenvalue weighted by molar-refractivity contribution is -0.144. The summed E-state index contributed by atoms with van der Waals surface area (Å²) in [4.78, 5) is 10.9. The maximum Gasteiger partial charge on any atom is 0.451 e. The molecule has 1 aliphatic heterocycles. The van der Waals surface area contributed by atoms with E-state index in [-0.39, 0.29) is 11.8 Å². The Hall–Kier alpha value is -0.585. The third-order valence-corrected chi connectivity index (χ3v) is 2.98. The van der Waals surface area contributed by atoms with E-state index < -0.39 is 13.1 Å². The predicted octanol–water partition coefficient (Wildman–Crippen LogP) is -0.450. The van der Waals surface area contributed by atoms with E-state index in [2.05, 4.69) is 5.32 Å². The second kappa shape index (κ2) is 6.10. The van der Waals surface area contributed by atoms with Crippen molar-refractivity contribution >= 4 is 13.1 Å². The first kappa shape index (κ1) is 12.5. The summed E-state index contributed by atoms with van der Waals surface area (Å²) in [5.74, 6) is -0.908. The molecular weight excluding hydrogens is 197 g/mol. The fourth-order valence-corrected chi connectivity index (χ4v) is 2.11. The van der Waals surface area contributed by atoms with Crippen molar-refractivity contribution in [3.8, 4) is 0 Å². The minimum atomic E-state index is -1.27. The highest BCUT2D eigenvalue weighted by atomic mass is 16.4. The molecule has 15 heavy (non-hydrogen) atoms. The lowest BCUT2D eigenvalue weighted by Crippen LogP contribution is -2.40. The first-order chi connectivity index (χ1) is 7.11. The molecular formula is C9H18BNO4. The molecule has 0 saturated carbocycles. The molecule has 1 fully saturated rings. The molecule has 86 valence electrons. The molecule has 5 nitrogen and oxygen atoms in total. The smallest absolute Gasteiger partial charge is 0.451 e. The van der Waals surface area contributed by atoms with Crippen LogP contribution in [0.1, 0.15) is 19.3 Å². The van der Waals surface area contributed by atoms with Crippen molar-refractivity contribution in [2.24, 2.45) is 11.8 Å². The topological polar surface area (TPSA) is 89.8 Å². The van der Waals surface area contributed by atoms with E-state index >= 15 is 0 Å². The van der Waals surface area contributed by atoms with Crippen molar-refractivity contribution in [2.45, 2.75) is 25.6 Å². The van der Waals surface area contributed by atoms with Crippen molar-refractivity contribution in [2.75, 3.05) is 13.1 Å². The normalized spacial score (nSPS) is 26.3. The Kier molecular flexibility index (Phi) is 5.07. The molecule has 0 aromatic heterocycles. The highest BCUT2D eigenvalue weighted by Crippen LogP contribution is 2.25. The largest absolute Gasteiger partial charge is 0.481 e. The molecule has 0 amide bonds. The quantitative estimate of drug-likeness (QED) is 0.466. The second-order valence-electron chi connectivity index (χ2n) is 4.11. The van der Waals surface area contributed by atoms with Crippen LogP contribution in [0.5, 0.6) is 0 Å². The van der Waals surface area contributed by atoms with Crippen LogP contribution in [-0.2, 0) is 4.79 Å². The summed E-state index contributed by atoms with van der Waals surface area (Å²) in [7, 11) is -1.27. The van der Waals surface area contributed by atoms with Crippen molar-refractivity contribution in [3.05, 3.63) is 0 Å². The number of rotatable bonds is 5. The molecule has 6 heteroatoms. The summed E-state index contributed by atoms with van der Waals surface area (Å²) < 4.78 is 0. The zero-order valence-electron chi connectivity index (χ0n) is 8.72. The summed E-state index contributed by atoms with van der Waals surface area (Å²) in [6, 6.07) is 0. The Morgan fingerprint density at radius 3 is 2.80 bits per heavy atom. The first-order valence-corrected chi connectivity index (χ1v) is 5.41.